The molecule has 8 heteroatoms. The Morgan fingerprint density at radius 3 is 2.48 bits per heavy atom. The van der Waals surface area contributed by atoms with Gasteiger partial charge < -0.3 is 22.1 Å². The quantitative estimate of drug-likeness (QED) is 0.506. The number of piperidine rings is 1. The van der Waals surface area contributed by atoms with Crippen molar-refractivity contribution < 1.29 is 4.79 Å². The van der Waals surface area contributed by atoms with E-state index in [0.717, 1.165) is 41.0 Å². The van der Waals surface area contributed by atoms with Gasteiger partial charge in [-0.05, 0) is 43.4 Å². The molecule has 2 fully saturated rings. The smallest absolute Gasteiger partial charge is 0.204 e. The Hall–Kier alpha value is -3.13. The first-order chi connectivity index (χ1) is 14.1. The summed E-state index contributed by atoms with van der Waals surface area (Å²) in [6, 6.07) is 11.6. The standard InChI is InChI=1S/C20H24N6.CH3NO/c1-22-14-4-2-12(3-5-14)17-11-23-26-19(21)10-18(25-20(17)26)13-8-15-6-7-16(9-13)24-15;2-1-3/h2-5,10-11,13,15-16,22,24H,6-9,21H2,1H3;1H,(H2,2,3). The summed E-state index contributed by atoms with van der Waals surface area (Å²) in [4.78, 5) is 13.6. The molecule has 0 saturated carbocycles. The van der Waals surface area contributed by atoms with Gasteiger partial charge in [-0.25, -0.2) is 4.98 Å². The number of carbonyl (C=O) groups excluding carboxylic acids is 1. The molecule has 2 atom stereocenters. The van der Waals surface area contributed by atoms with E-state index in [2.05, 4.69) is 45.7 Å². The Labute approximate surface area is 169 Å². The maximum absolute atomic E-state index is 8.58. The average molecular weight is 393 g/mol. The van der Waals surface area contributed by atoms with Crippen LogP contribution in [0.2, 0.25) is 0 Å². The minimum Gasteiger partial charge on any atom is -0.388 e. The molecule has 2 unspecified atom stereocenters. The largest absolute Gasteiger partial charge is 0.388 e. The molecular formula is C21H27N7O. The number of benzene rings is 1. The Balaban J connectivity index is 0.000000645. The van der Waals surface area contributed by atoms with Gasteiger partial charge in [0.1, 0.15) is 5.82 Å². The highest BCUT2D eigenvalue weighted by molar-refractivity contribution is 5.79. The molecule has 4 heterocycles. The lowest BCUT2D eigenvalue weighted by atomic mass is 9.89. The summed E-state index contributed by atoms with van der Waals surface area (Å²) in [6.07, 6.45) is 6.99. The molecule has 1 amide bonds. The molecule has 6 N–H and O–H groups in total. The number of nitrogen functional groups attached to an aromatic ring is 1. The Morgan fingerprint density at radius 1 is 1.21 bits per heavy atom. The van der Waals surface area contributed by atoms with Crippen molar-refractivity contribution in [3.8, 4) is 11.1 Å². The van der Waals surface area contributed by atoms with Crippen molar-refractivity contribution in [3.63, 3.8) is 0 Å². The molecule has 0 spiro atoms. The average Bonchev–Trinajstić information content (AvgIpc) is 3.31. The molecule has 152 valence electrons. The summed E-state index contributed by atoms with van der Waals surface area (Å²) < 4.78 is 1.75. The van der Waals surface area contributed by atoms with Gasteiger partial charge in [0, 0.05) is 48.1 Å². The van der Waals surface area contributed by atoms with Crippen LogP contribution in [0.4, 0.5) is 11.5 Å². The van der Waals surface area contributed by atoms with E-state index in [9.17, 15) is 0 Å². The van der Waals surface area contributed by atoms with Gasteiger partial charge in [0.15, 0.2) is 5.65 Å². The van der Waals surface area contributed by atoms with Crippen LogP contribution in [0.1, 0.15) is 37.3 Å². The van der Waals surface area contributed by atoms with Crippen molar-refractivity contribution >= 4 is 23.6 Å². The second kappa shape index (κ2) is 8.08. The fourth-order valence-electron chi connectivity index (χ4n) is 4.53. The van der Waals surface area contributed by atoms with Crippen molar-refractivity contribution in [1.82, 2.24) is 19.9 Å². The van der Waals surface area contributed by atoms with Crippen molar-refractivity contribution in [2.24, 2.45) is 5.73 Å². The minimum absolute atomic E-state index is 0.250. The highest BCUT2D eigenvalue weighted by Gasteiger charge is 2.35. The van der Waals surface area contributed by atoms with Gasteiger partial charge in [0.25, 0.3) is 0 Å². The summed E-state index contributed by atoms with van der Waals surface area (Å²) in [7, 11) is 1.92. The van der Waals surface area contributed by atoms with Crippen LogP contribution in [0.15, 0.2) is 36.5 Å². The SMILES string of the molecule is CNc1ccc(-c2cnn3c(N)cc(C4CC5CCC(C4)N5)nc23)cc1.NC=O. The van der Waals surface area contributed by atoms with Crippen LogP contribution in [-0.2, 0) is 4.79 Å². The molecule has 3 aromatic rings. The van der Waals surface area contributed by atoms with Crippen LogP contribution >= 0.6 is 0 Å². The van der Waals surface area contributed by atoms with E-state index in [1.807, 2.05) is 19.3 Å². The fraction of sp³-hybridized carbons (Fsp3) is 0.381. The molecule has 0 aliphatic carbocycles. The maximum atomic E-state index is 8.58. The van der Waals surface area contributed by atoms with E-state index in [0.29, 0.717) is 23.8 Å². The molecule has 29 heavy (non-hydrogen) atoms. The summed E-state index contributed by atoms with van der Waals surface area (Å²) in [6.45, 7) is 0. The lowest BCUT2D eigenvalue weighted by Crippen LogP contribution is -2.37. The van der Waals surface area contributed by atoms with Crippen LogP contribution in [0.5, 0.6) is 0 Å². The third-order valence-corrected chi connectivity index (χ3v) is 5.90. The third kappa shape index (κ3) is 3.75. The highest BCUT2D eigenvalue weighted by Crippen LogP contribution is 2.37. The third-order valence-electron chi connectivity index (χ3n) is 5.90. The predicted molar refractivity (Wildman–Crippen MR) is 115 cm³/mol. The van der Waals surface area contributed by atoms with Crippen molar-refractivity contribution in [2.45, 2.75) is 43.7 Å². The lowest BCUT2D eigenvalue weighted by Gasteiger charge is -2.28. The van der Waals surface area contributed by atoms with Crippen LogP contribution in [0, 0.1) is 0 Å². The molecule has 5 rings (SSSR count). The van der Waals surface area contributed by atoms with Crippen LogP contribution in [0.3, 0.4) is 0 Å². The zero-order chi connectivity index (χ0) is 20.4. The van der Waals surface area contributed by atoms with E-state index in [1.54, 1.807) is 4.52 Å². The molecule has 8 nitrogen and oxygen atoms in total. The summed E-state index contributed by atoms with van der Waals surface area (Å²) >= 11 is 0. The zero-order valence-electron chi connectivity index (χ0n) is 16.5. The fourth-order valence-corrected chi connectivity index (χ4v) is 4.53. The molecule has 2 bridgehead atoms. The second-order valence-electron chi connectivity index (χ2n) is 7.67. The van der Waals surface area contributed by atoms with E-state index in [-0.39, 0.29) is 6.41 Å². The van der Waals surface area contributed by atoms with Crippen LogP contribution < -0.4 is 22.1 Å². The number of fused-ring (bicyclic) bond motifs is 3. The first-order valence-corrected chi connectivity index (χ1v) is 9.96. The van der Waals surface area contributed by atoms with E-state index >= 15 is 0 Å². The minimum atomic E-state index is 0.250. The Kier molecular flexibility index (Phi) is 5.35. The van der Waals surface area contributed by atoms with Crippen molar-refractivity contribution in [1.29, 1.82) is 0 Å². The van der Waals surface area contributed by atoms with Crippen molar-refractivity contribution in [3.05, 3.63) is 42.2 Å². The molecule has 2 aliphatic rings. The Bertz CT molecular complexity index is 986. The van der Waals surface area contributed by atoms with Gasteiger partial charge in [-0.2, -0.15) is 9.61 Å². The first kappa shape index (κ1) is 19.2. The molecule has 1 aromatic carbocycles. The van der Waals surface area contributed by atoms with Gasteiger partial charge in [-0.1, -0.05) is 12.1 Å². The number of nitrogens with one attached hydrogen (secondary N) is 2. The predicted octanol–water partition coefficient (Wildman–Crippen LogP) is 2.12. The van der Waals surface area contributed by atoms with E-state index in [4.69, 9.17) is 15.5 Å². The number of nitrogens with two attached hydrogens (primary N) is 2. The molecule has 2 saturated heterocycles. The molecular weight excluding hydrogens is 366 g/mol. The van der Waals surface area contributed by atoms with Gasteiger partial charge in [0.05, 0.1) is 6.20 Å². The summed E-state index contributed by atoms with van der Waals surface area (Å²) in [5, 5.41) is 11.3. The van der Waals surface area contributed by atoms with Crippen LogP contribution in [-0.4, -0.2) is 40.1 Å². The van der Waals surface area contributed by atoms with Gasteiger partial charge in [0.2, 0.25) is 6.41 Å². The number of hydrogen-bond donors (Lipinski definition) is 4. The number of hydrogen-bond acceptors (Lipinski definition) is 6. The first-order valence-electron chi connectivity index (χ1n) is 9.96. The number of aromatic nitrogens is 3. The maximum Gasteiger partial charge on any atom is 0.204 e. The second-order valence-corrected chi connectivity index (χ2v) is 7.67. The number of rotatable bonds is 3. The topological polar surface area (TPSA) is 123 Å². The summed E-state index contributed by atoms with van der Waals surface area (Å²) in [5.74, 6) is 1.14. The van der Waals surface area contributed by atoms with Gasteiger partial charge in [-0.15, -0.1) is 0 Å². The van der Waals surface area contributed by atoms with E-state index < -0.39 is 0 Å². The number of anilines is 2. The molecule has 0 radical (unpaired) electrons. The van der Waals surface area contributed by atoms with Crippen molar-refractivity contribution in [2.75, 3.05) is 18.1 Å². The number of primary amides is 1. The molecule has 2 aliphatic heterocycles. The molecule has 2 aromatic heterocycles. The van der Waals surface area contributed by atoms with E-state index in [1.165, 1.54) is 12.8 Å². The number of nitrogens with zero attached hydrogens (tertiary/aromatic N) is 3. The lowest BCUT2D eigenvalue weighted by molar-refractivity contribution is -0.106. The highest BCUT2D eigenvalue weighted by atomic mass is 16.1. The van der Waals surface area contributed by atoms with Gasteiger partial charge in [-0.3, -0.25) is 4.79 Å². The number of carbonyl (C=O) groups is 1. The van der Waals surface area contributed by atoms with Crippen LogP contribution in [0.25, 0.3) is 16.8 Å². The zero-order valence-corrected chi connectivity index (χ0v) is 16.5. The van der Waals surface area contributed by atoms with Gasteiger partial charge >= 0.3 is 0 Å². The monoisotopic (exact) mass is 393 g/mol. The Morgan fingerprint density at radius 2 is 1.86 bits per heavy atom. The summed E-state index contributed by atoms with van der Waals surface area (Å²) in [5.41, 5.74) is 15.7. The number of amides is 1. The normalized spacial score (nSPS) is 22.7.